The molecular weight excluding hydrogens is 453 g/mol. The molecule has 1 atom stereocenters. The van der Waals surface area contributed by atoms with Crippen LogP contribution in [0.5, 0.6) is 0 Å². The number of carbonyl (C=O) groups excluding carboxylic acids is 2. The summed E-state index contributed by atoms with van der Waals surface area (Å²) in [5.41, 5.74) is 0.950. The van der Waals surface area contributed by atoms with E-state index in [0.717, 1.165) is 35.5 Å². The van der Waals surface area contributed by atoms with Gasteiger partial charge in [0.1, 0.15) is 16.9 Å². The molecule has 2 aromatic carbocycles. The highest BCUT2D eigenvalue weighted by atomic mass is 32.2. The minimum Gasteiger partial charge on any atom is -0.324 e. The molecule has 0 radical (unpaired) electrons. The van der Waals surface area contributed by atoms with E-state index in [1.54, 1.807) is 6.07 Å². The van der Waals surface area contributed by atoms with Gasteiger partial charge in [0.15, 0.2) is 0 Å². The summed E-state index contributed by atoms with van der Waals surface area (Å²) in [6.07, 6.45) is -3.63. The summed E-state index contributed by atoms with van der Waals surface area (Å²) in [6.45, 7) is 0. The van der Waals surface area contributed by atoms with Crippen molar-refractivity contribution in [2.45, 2.75) is 42.4 Å². The normalized spacial score (nSPS) is 18.6. The van der Waals surface area contributed by atoms with Gasteiger partial charge in [0.25, 0.3) is 0 Å². The number of aromatic nitrogens is 2. The molecule has 0 bridgehead atoms. The Balaban J connectivity index is 1.48. The van der Waals surface area contributed by atoms with E-state index in [2.05, 4.69) is 15.3 Å². The molecule has 10 heteroatoms. The number of nitrogens with zero attached hydrogens (tertiary/aromatic N) is 3. The van der Waals surface area contributed by atoms with Crippen LogP contribution in [0.2, 0.25) is 0 Å². The van der Waals surface area contributed by atoms with Crippen molar-refractivity contribution >= 4 is 45.9 Å². The van der Waals surface area contributed by atoms with Crippen LogP contribution in [0, 0.1) is 0 Å². The summed E-state index contributed by atoms with van der Waals surface area (Å²) >= 11 is 1.09. The first kappa shape index (κ1) is 21.7. The van der Waals surface area contributed by atoms with Gasteiger partial charge in [-0.2, -0.15) is 13.2 Å². The standard InChI is InChI=1S/C23H19F3N4O2S/c24-23(25,26)18-11-19(31)27-16-7-3-4-8-17(16)30(18)20(32)12-33-22-14-5-1-2-6-15(14)28-21(29-22)13-9-10-13/h1-8,13,18H,9-12H2,(H,27,31). The molecule has 1 unspecified atom stereocenters. The predicted octanol–water partition coefficient (Wildman–Crippen LogP) is 4.91. The fraction of sp³-hybridized carbons (Fsp3) is 0.304. The number of benzene rings is 2. The SMILES string of the molecule is O=C1CC(C(F)(F)F)N(C(=O)CSc2nc(C3CC3)nc3ccccc23)c2ccccc2N1. The van der Waals surface area contributed by atoms with E-state index in [1.165, 1.54) is 18.2 Å². The fourth-order valence-electron chi connectivity index (χ4n) is 3.89. The Morgan fingerprint density at radius 2 is 1.82 bits per heavy atom. The van der Waals surface area contributed by atoms with E-state index in [-0.39, 0.29) is 23.0 Å². The van der Waals surface area contributed by atoms with Crippen LogP contribution in [0.3, 0.4) is 0 Å². The minimum atomic E-state index is -4.77. The van der Waals surface area contributed by atoms with Crippen LogP contribution in [0.1, 0.15) is 31.0 Å². The molecule has 2 aliphatic rings. The summed E-state index contributed by atoms with van der Waals surface area (Å²) in [5, 5.41) is 3.79. The van der Waals surface area contributed by atoms with Crippen LogP contribution >= 0.6 is 11.8 Å². The highest BCUT2D eigenvalue weighted by Gasteiger charge is 2.49. The Bertz CT molecular complexity index is 1250. The van der Waals surface area contributed by atoms with E-state index in [1.807, 2.05) is 24.3 Å². The Hall–Kier alpha value is -3.14. The molecule has 0 saturated heterocycles. The topological polar surface area (TPSA) is 75.2 Å². The van der Waals surface area contributed by atoms with Gasteiger partial charge in [-0.1, -0.05) is 42.1 Å². The van der Waals surface area contributed by atoms with Crippen LogP contribution in [0.15, 0.2) is 53.6 Å². The molecule has 3 aromatic rings. The molecule has 0 spiro atoms. The lowest BCUT2D eigenvalue weighted by atomic mass is 10.1. The second-order valence-electron chi connectivity index (χ2n) is 8.06. The Morgan fingerprint density at radius 3 is 2.58 bits per heavy atom. The lowest BCUT2D eigenvalue weighted by Crippen LogP contribution is -2.50. The van der Waals surface area contributed by atoms with Gasteiger partial charge in [0.2, 0.25) is 11.8 Å². The van der Waals surface area contributed by atoms with Crippen molar-refractivity contribution in [3.63, 3.8) is 0 Å². The zero-order chi connectivity index (χ0) is 23.2. The third-order valence-corrected chi connectivity index (χ3v) is 6.61. The fourth-order valence-corrected chi connectivity index (χ4v) is 4.78. The number of hydrogen-bond donors (Lipinski definition) is 1. The van der Waals surface area contributed by atoms with E-state index in [4.69, 9.17) is 0 Å². The van der Waals surface area contributed by atoms with E-state index >= 15 is 0 Å². The number of para-hydroxylation sites is 3. The first-order valence-corrected chi connectivity index (χ1v) is 11.5. The average Bonchev–Trinajstić information content (AvgIpc) is 3.63. The van der Waals surface area contributed by atoms with Crippen molar-refractivity contribution in [1.29, 1.82) is 0 Å². The Labute approximate surface area is 191 Å². The lowest BCUT2D eigenvalue weighted by molar-refractivity contribution is -0.157. The average molecular weight is 472 g/mol. The molecule has 1 aliphatic heterocycles. The predicted molar refractivity (Wildman–Crippen MR) is 119 cm³/mol. The van der Waals surface area contributed by atoms with Crippen LogP contribution in [-0.4, -0.2) is 39.8 Å². The number of thioether (sulfide) groups is 1. The van der Waals surface area contributed by atoms with Crippen molar-refractivity contribution in [1.82, 2.24) is 9.97 Å². The van der Waals surface area contributed by atoms with Gasteiger partial charge in [-0.25, -0.2) is 9.97 Å². The quantitative estimate of drug-likeness (QED) is 0.432. The zero-order valence-corrected chi connectivity index (χ0v) is 18.1. The van der Waals surface area contributed by atoms with Gasteiger partial charge in [-0.05, 0) is 31.0 Å². The molecule has 2 heterocycles. The van der Waals surface area contributed by atoms with Gasteiger partial charge in [0, 0.05) is 11.3 Å². The van der Waals surface area contributed by atoms with Crippen molar-refractivity contribution in [2.75, 3.05) is 16.0 Å². The monoisotopic (exact) mass is 472 g/mol. The summed E-state index contributed by atoms with van der Waals surface area (Å²) in [4.78, 5) is 35.3. The van der Waals surface area contributed by atoms with Crippen LogP contribution in [0.25, 0.3) is 10.9 Å². The number of amides is 2. The summed E-state index contributed by atoms with van der Waals surface area (Å²) < 4.78 is 41.8. The molecule has 6 nitrogen and oxygen atoms in total. The molecule has 33 heavy (non-hydrogen) atoms. The number of halogens is 3. The largest absolute Gasteiger partial charge is 0.409 e. The maximum Gasteiger partial charge on any atom is 0.409 e. The van der Waals surface area contributed by atoms with E-state index < -0.39 is 30.5 Å². The molecule has 170 valence electrons. The number of hydrogen-bond acceptors (Lipinski definition) is 5. The Kier molecular flexibility index (Phi) is 5.48. The van der Waals surface area contributed by atoms with Gasteiger partial charge in [0.05, 0.1) is 29.1 Å². The number of anilines is 2. The van der Waals surface area contributed by atoms with Gasteiger partial charge < -0.3 is 5.32 Å². The number of fused-ring (bicyclic) bond motifs is 2. The first-order chi connectivity index (χ1) is 15.8. The molecule has 5 rings (SSSR count). The highest BCUT2D eigenvalue weighted by molar-refractivity contribution is 8.00. The van der Waals surface area contributed by atoms with Crippen LogP contribution < -0.4 is 10.2 Å². The highest BCUT2D eigenvalue weighted by Crippen LogP contribution is 2.41. The van der Waals surface area contributed by atoms with E-state index in [0.29, 0.717) is 15.8 Å². The number of rotatable bonds is 4. The molecule has 1 aromatic heterocycles. The second-order valence-corrected chi connectivity index (χ2v) is 9.02. The summed E-state index contributed by atoms with van der Waals surface area (Å²) in [6, 6.07) is 11.2. The molecule has 1 saturated carbocycles. The van der Waals surface area contributed by atoms with Gasteiger partial charge in [-0.3, -0.25) is 14.5 Å². The third-order valence-electron chi connectivity index (χ3n) is 5.64. The van der Waals surface area contributed by atoms with Crippen molar-refractivity contribution in [3.05, 3.63) is 54.4 Å². The molecule has 1 N–H and O–H groups in total. The third kappa shape index (κ3) is 4.39. The van der Waals surface area contributed by atoms with Crippen molar-refractivity contribution in [3.8, 4) is 0 Å². The van der Waals surface area contributed by atoms with Crippen LogP contribution in [-0.2, 0) is 9.59 Å². The van der Waals surface area contributed by atoms with Gasteiger partial charge in [-0.15, -0.1) is 0 Å². The maximum atomic E-state index is 13.9. The molecule has 1 fully saturated rings. The van der Waals surface area contributed by atoms with Crippen molar-refractivity contribution < 1.29 is 22.8 Å². The lowest BCUT2D eigenvalue weighted by Gasteiger charge is -2.31. The minimum absolute atomic E-state index is 0.0301. The smallest absolute Gasteiger partial charge is 0.324 e. The number of nitrogens with one attached hydrogen (secondary N) is 1. The van der Waals surface area contributed by atoms with Crippen LogP contribution in [0.4, 0.5) is 24.5 Å². The summed E-state index contributed by atoms with van der Waals surface area (Å²) in [7, 11) is 0. The molecular formula is C23H19F3N4O2S. The summed E-state index contributed by atoms with van der Waals surface area (Å²) in [5.74, 6) is -0.814. The zero-order valence-electron chi connectivity index (χ0n) is 17.3. The van der Waals surface area contributed by atoms with Crippen molar-refractivity contribution in [2.24, 2.45) is 0 Å². The molecule has 1 aliphatic carbocycles. The maximum absolute atomic E-state index is 13.9. The first-order valence-electron chi connectivity index (χ1n) is 10.5. The number of carbonyl (C=O) groups is 2. The second kappa shape index (κ2) is 8.33. The van der Waals surface area contributed by atoms with Gasteiger partial charge >= 0.3 is 6.18 Å². The van der Waals surface area contributed by atoms with E-state index in [9.17, 15) is 22.8 Å². The Morgan fingerprint density at radius 1 is 1.09 bits per heavy atom. The molecule has 2 amide bonds. The number of alkyl halides is 3.